The van der Waals surface area contributed by atoms with E-state index in [0.29, 0.717) is 12.3 Å². The van der Waals surface area contributed by atoms with Crippen molar-refractivity contribution in [1.82, 2.24) is 4.72 Å². The number of thioether (sulfide) groups is 1. The monoisotopic (exact) mass is 365 g/mol. The number of hydrogen-bond donors (Lipinski definition) is 1. The lowest BCUT2D eigenvalue weighted by molar-refractivity contribution is 0.0600. The van der Waals surface area contributed by atoms with E-state index in [1.54, 1.807) is 11.8 Å². The Labute approximate surface area is 146 Å². The Bertz CT molecular complexity index is 776. The predicted octanol–water partition coefficient (Wildman–Crippen LogP) is 2.68. The van der Waals surface area contributed by atoms with Gasteiger partial charge in [-0.3, -0.25) is 0 Å². The summed E-state index contributed by atoms with van der Waals surface area (Å²) in [4.78, 5) is 11.5. The number of methoxy groups -OCH3 is 1. The van der Waals surface area contributed by atoms with E-state index in [4.69, 9.17) is 0 Å². The molecule has 0 saturated carbocycles. The van der Waals surface area contributed by atoms with Crippen LogP contribution in [0.15, 0.2) is 59.5 Å². The molecule has 24 heavy (non-hydrogen) atoms. The molecule has 0 radical (unpaired) electrons. The topological polar surface area (TPSA) is 72.5 Å². The van der Waals surface area contributed by atoms with Crippen LogP contribution in [0.2, 0.25) is 0 Å². The fourth-order valence-electron chi connectivity index (χ4n) is 2.00. The Morgan fingerprint density at radius 3 is 2.58 bits per heavy atom. The fourth-order valence-corrected chi connectivity index (χ4v) is 4.03. The number of rotatable bonds is 8. The van der Waals surface area contributed by atoms with Crippen LogP contribution in [-0.4, -0.2) is 33.8 Å². The van der Waals surface area contributed by atoms with Crippen molar-refractivity contribution in [3.8, 4) is 0 Å². The molecule has 0 bridgehead atoms. The van der Waals surface area contributed by atoms with Crippen molar-refractivity contribution in [2.75, 3.05) is 19.4 Å². The van der Waals surface area contributed by atoms with E-state index in [9.17, 15) is 13.2 Å². The van der Waals surface area contributed by atoms with Gasteiger partial charge in [-0.1, -0.05) is 36.4 Å². The maximum absolute atomic E-state index is 12.3. The minimum absolute atomic E-state index is 0.0541. The minimum atomic E-state index is -3.64. The van der Waals surface area contributed by atoms with Crippen LogP contribution in [0.5, 0.6) is 0 Å². The van der Waals surface area contributed by atoms with Crippen molar-refractivity contribution in [2.24, 2.45) is 0 Å². The van der Waals surface area contributed by atoms with Gasteiger partial charge in [-0.2, -0.15) is 11.8 Å². The van der Waals surface area contributed by atoms with Crippen LogP contribution in [0.3, 0.4) is 0 Å². The number of hydrogen-bond acceptors (Lipinski definition) is 5. The highest BCUT2D eigenvalue weighted by Crippen LogP contribution is 2.14. The smallest absolute Gasteiger partial charge is 0.337 e. The zero-order chi connectivity index (χ0) is 17.4. The summed E-state index contributed by atoms with van der Waals surface area (Å²) in [6.07, 6.45) is 0. The quantitative estimate of drug-likeness (QED) is 0.575. The normalized spacial score (nSPS) is 11.2. The number of ether oxygens (including phenoxy) is 1. The first-order valence-corrected chi connectivity index (χ1v) is 9.96. The molecule has 0 aliphatic rings. The molecule has 2 rings (SSSR count). The molecule has 0 fully saturated rings. The van der Waals surface area contributed by atoms with Gasteiger partial charge < -0.3 is 4.74 Å². The van der Waals surface area contributed by atoms with Gasteiger partial charge in [-0.25, -0.2) is 17.9 Å². The third kappa shape index (κ3) is 5.36. The molecule has 0 unspecified atom stereocenters. The van der Waals surface area contributed by atoms with E-state index in [0.717, 1.165) is 5.75 Å². The minimum Gasteiger partial charge on any atom is -0.465 e. The summed E-state index contributed by atoms with van der Waals surface area (Å²) in [6.45, 7) is 0.322. The van der Waals surface area contributed by atoms with Crippen LogP contribution in [-0.2, 0) is 20.5 Å². The van der Waals surface area contributed by atoms with Crippen molar-refractivity contribution in [3.05, 3.63) is 65.7 Å². The molecule has 0 atom stereocenters. The van der Waals surface area contributed by atoms with E-state index in [1.165, 1.54) is 36.9 Å². The van der Waals surface area contributed by atoms with Crippen molar-refractivity contribution in [3.63, 3.8) is 0 Å². The van der Waals surface area contributed by atoms with E-state index in [1.807, 2.05) is 30.3 Å². The van der Waals surface area contributed by atoms with Gasteiger partial charge in [-0.15, -0.1) is 0 Å². The zero-order valence-corrected chi connectivity index (χ0v) is 14.9. The van der Waals surface area contributed by atoms with E-state index in [2.05, 4.69) is 9.46 Å². The number of sulfonamides is 1. The van der Waals surface area contributed by atoms with Gasteiger partial charge in [0.15, 0.2) is 0 Å². The number of carbonyl (C=O) groups is 1. The molecule has 0 aliphatic heterocycles. The summed E-state index contributed by atoms with van der Waals surface area (Å²) in [5, 5.41) is 0. The number of esters is 1. The highest BCUT2D eigenvalue weighted by Gasteiger charge is 2.15. The van der Waals surface area contributed by atoms with Gasteiger partial charge in [0.25, 0.3) is 0 Å². The fraction of sp³-hybridized carbons (Fsp3) is 0.235. The Kier molecular flexibility index (Phi) is 6.84. The molecule has 0 aromatic heterocycles. The second-order valence-electron chi connectivity index (χ2n) is 4.96. The second-order valence-corrected chi connectivity index (χ2v) is 7.83. The maximum atomic E-state index is 12.3. The summed E-state index contributed by atoms with van der Waals surface area (Å²) in [5.74, 6) is 0.927. The third-order valence-electron chi connectivity index (χ3n) is 3.22. The molecule has 0 heterocycles. The summed E-state index contributed by atoms with van der Waals surface area (Å²) in [6, 6.07) is 15.8. The third-order valence-corrected chi connectivity index (χ3v) is 5.70. The first-order chi connectivity index (χ1) is 11.5. The highest BCUT2D eigenvalue weighted by molar-refractivity contribution is 7.98. The predicted molar refractivity (Wildman–Crippen MR) is 95.6 cm³/mol. The summed E-state index contributed by atoms with van der Waals surface area (Å²) in [7, 11) is -2.39. The first-order valence-electron chi connectivity index (χ1n) is 7.32. The molecule has 7 heteroatoms. The first kappa shape index (κ1) is 18.5. The average molecular weight is 365 g/mol. The van der Waals surface area contributed by atoms with Crippen LogP contribution in [0, 0.1) is 0 Å². The Balaban J connectivity index is 1.86. The van der Waals surface area contributed by atoms with Gasteiger partial charge in [0, 0.05) is 18.1 Å². The van der Waals surface area contributed by atoms with Gasteiger partial charge in [0.2, 0.25) is 10.0 Å². The lowest BCUT2D eigenvalue weighted by Crippen LogP contribution is -2.26. The van der Waals surface area contributed by atoms with Gasteiger partial charge in [-0.05, 0) is 23.8 Å². The molecular weight excluding hydrogens is 346 g/mol. The molecule has 2 aromatic rings. The summed E-state index contributed by atoms with van der Waals surface area (Å²) >= 11 is 1.65. The Morgan fingerprint density at radius 1 is 1.12 bits per heavy atom. The Morgan fingerprint density at radius 2 is 1.88 bits per heavy atom. The van der Waals surface area contributed by atoms with E-state index in [-0.39, 0.29) is 10.5 Å². The van der Waals surface area contributed by atoms with E-state index < -0.39 is 16.0 Å². The van der Waals surface area contributed by atoms with Crippen molar-refractivity contribution >= 4 is 27.8 Å². The molecule has 0 aliphatic carbocycles. The van der Waals surface area contributed by atoms with Gasteiger partial charge >= 0.3 is 5.97 Å². The highest BCUT2D eigenvalue weighted by atomic mass is 32.2. The standard InChI is InChI=1S/C17H19NO4S2/c1-22-17(19)15-8-5-9-16(12-15)24(20,21)18-10-11-23-13-14-6-3-2-4-7-14/h2-9,12,18H,10-11,13H2,1H3. The van der Waals surface area contributed by atoms with Gasteiger partial charge in [0.1, 0.15) is 0 Å². The zero-order valence-electron chi connectivity index (χ0n) is 13.3. The molecule has 128 valence electrons. The van der Waals surface area contributed by atoms with Crippen LogP contribution < -0.4 is 4.72 Å². The molecule has 0 amide bonds. The van der Waals surface area contributed by atoms with Crippen LogP contribution >= 0.6 is 11.8 Å². The molecule has 1 N–H and O–H groups in total. The molecule has 5 nitrogen and oxygen atoms in total. The van der Waals surface area contributed by atoms with E-state index >= 15 is 0 Å². The summed E-state index contributed by atoms with van der Waals surface area (Å²) in [5.41, 5.74) is 1.41. The maximum Gasteiger partial charge on any atom is 0.337 e. The Hall–Kier alpha value is -1.83. The van der Waals surface area contributed by atoms with Crippen molar-refractivity contribution in [2.45, 2.75) is 10.6 Å². The average Bonchev–Trinajstić information content (AvgIpc) is 2.61. The number of carbonyl (C=O) groups excluding carboxylic acids is 1. The summed E-state index contributed by atoms with van der Waals surface area (Å²) < 4.78 is 31.7. The molecule has 2 aromatic carbocycles. The number of nitrogens with one attached hydrogen (secondary N) is 1. The number of benzene rings is 2. The SMILES string of the molecule is COC(=O)c1cccc(S(=O)(=O)NCCSCc2ccccc2)c1. The van der Waals surface area contributed by atoms with Gasteiger partial charge in [0.05, 0.1) is 17.6 Å². The lowest BCUT2D eigenvalue weighted by atomic mass is 10.2. The largest absolute Gasteiger partial charge is 0.465 e. The van der Waals surface area contributed by atoms with Crippen molar-refractivity contribution in [1.29, 1.82) is 0 Å². The second kappa shape index (κ2) is 8.86. The van der Waals surface area contributed by atoms with Crippen molar-refractivity contribution < 1.29 is 17.9 Å². The molecule has 0 saturated heterocycles. The lowest BCUT2D eigenvalue weighted by Gasteiger charge is -2.08. The van der Waals surface area contributed by atoms with Crippen LogP contribution in [0.1, 0.15) is 15.9 Å². The van der Waals surface area contributed by atoms with Crippen LogP contribution in [0.25, 0.3) is 0 Å². The molecular formula is C17H19NO4S2. The molecule has 0 spiro atoms. The van der Waals surface area contributed by atoms with Crippen LogP contribution in [0.4, 0.5) is 0 Å².